The molecule has 0 aromatic heterocycles. The van der Waals surface area contributed by atoms with Gasteiger partial charge in [-0.25, -0.2) is 9.96 Å². The largest absolute Gasteiger partial charge is 0.508 e. The maximum atomic E-state index is 13.6. The smallest absolute Gasteiger partial charge is 0.266 e. The lowest BCUT2D eigenvalue weighted by Crippen LogP contribution is -2.37. The Balaban J connectivity index is 1.51. The molecule has 2 amide bonds. The molecule has 2 heterocycles. The molecule has 0 saturated carbocycles. The van der Waals surface area contributed by atoms with Crippen molar-refractivity contribution in [3.05, 3.63) is 84.4 Å². The Bertz CT molecular complexity index is 1160. The molecule has 7 nitrogen and oxygen atoms in total. The number of amides is 2. The van der Waals surface area contributed by atoms with Gasteiger partial charge in [-0.05, 0) is 48.9 Å². The van der Waals surface area contributed by atoms with E-state index in [4.69, 9.17) is 9.57 Å². The lowest BCUT2D eigenvalue weighted by molar-refractivity contribution is -0.126. The molecular formula is C26H24N2O5. The number of anilines is 2. The number of carbonyl (C=O) groups excluding carboxylic acids is 2. The third-order valence-corrected chi connectivity index (χ3v) is 5.95. The van der Waals surface area contributed by atoms with Crippen LogP contribution in [-0.4, -0.2) is 29.6 Å². The van der Waals surface area contributed by atoms with E-state index >= 15 is 0 Å². The van der Waals surface area contributed by atoms with Gasteiger partial charge < -0.3 is 9.84 Å². The fourth-order valence-corrected chi connectivity index (χ4v) is 4.43. The Labute approximate surface area is 191 Å². The normalized spacial score (nSPS) is 22.0. The van der Waals surface area contributed by atoms with E-state index in [1.54, 1.807) is 53.6 Å². The van der Waals surface area contributed by atoms with Crippen LogP contribution in [0.1, 0.15) is 24.9 Å². The number of hydrogen-bond donors (Lipinski definition) is 1. The number of benzene rings is 3. The molecule has 2 saturated heterocycles. The maximum Gasteiger partial charge on any atom is 0.266 e. The van der Waals surface area contributed by atoms with E-state index in [-0.39, 0.29) is 11.7 Å². The minimum atomic E-state index is -0.988. The highest BCUT2D eigenvalue weighted by Gasteiger charge is 2.60. The van der Waals surface area contributed by atoms with Crippen LogP contribution in [0.25, 0.3) is 0 Å². The van der Waals surface area contributed by atoms with Gasteiger partial charge in [-0.3, -0.25) is 14.4 Å². The number of fused-ring (bicyclic) bond motifs is 1. The quantitative estimate of drug-likeness (QED) is 0.573. The third-order valence-electron chi connectivity index (χ3n) is 5.95. The number of para-hydroxylation sites is 2. The Morgan fingerprint density at radius 2 is 1.58 bits per heavy atom. The summed E-state index contributed by atoms with van der Waals surface area (Å²) in [6.07, 6.45) is -0.102. The first kappa shape index (κ1) is 21.0. The highest BCUT2D eigenvalue weighted by molar-refractivity contribution is 6.24. The van der Waals surface area contributed by atoms with Crippen LogP contribution in [0.2, 0.25) is 0 Å². The van der Waals surface area contributed by atoms with Crippen molar-refractivity contribution in [1.82, 2.24) is 0 Å². The molecule has 168 valence electrons. The van der Waals surface area contributed by atoms with E-state index in [9.17, 15) is 14.7 Å². The summed E-state index contributed by atoms with van der Waals surface area (Å²) < 4.78 is 5.60. The lowest BCUT2D eigenvalue weighted by atomic mass is 9.90. The number of hydroxylamine groups is 1. The summed E-state index contributed by atoms with van der Waals surface area (Å²) in [5.74, 6) is -0.866. The highest BCUT2D eigenvalue weighted by Crippen LogP contribution is 2.49. The van der Waals surface area contributed by atoms with Gasteiger partial charge in [-0.15, -0.1) is 0 Å². The van der Waals surface area contributed by atoms with Crippen LogP contribution in [0, 0.1) is 5.92 Å². The molecule has 0 radical (unpaired) electrons. The number of phenolic OH excluding ortho intramolecular Hbond substituents is 1. The van der Waals surface area contributed by atoms with Crippen molar-refractivity contribution in [3.63, 3.8) is 0 Å². The molecule has 2 aliphatic heterocycles. The topological polar surface area (TPSA) is 79.3 Å². The van der Waals surface area contributed by atoms with E-state index in [1.165, 1.54) is 4.90 Å². The maximum absolute atomic E-state index is 13.6. The first-order valence-corrected chi connectivity index (χ1v) is 11.0. The molecule has 7 heteroatoms. The molecule has 0 bridgehead atoms. The Hall–Kier alpha value is -3.84. The predicted molar refractivity (Wildman–Crippen MR) is 123 cm³/mol. The van der Waals surface area contributed by atoms with Gasteiger partial charge in [0.15, 0.2) is 6.10 Å². The Morgan fingerprint density at radius 3 is 2.27 bits per heavy atom. The van der Waals surface area contributed by atoms with Crippen molar-refractivity contribution in [2.45, 2.75) is 25.5 Å². The van der Waals surface area contributed by atoms with Crippen LogP contribution >= 0.6 is 0 Å². The van der Waals surface area contributed by atoms with Crippen molar-refractivity contribution in [2.24, 2.45) is 5.92 Å². The number of rotatable bonds is 6. The molecule has 0 spiro atoms. The predicted octanol–water partition coefficient (Wildman–Crippen LogP) is 4.23. The van der Waals surface area contributed by atoms with E-state index in [0.29, 0.717) is 29.3 Å². The minimum Gasteiger partial charge on any atom is -0.508 e. The van der Waals surface area contributed by atoms with Gasteiger partial charge in [-0.1, -0.05) is 43.3 Å². The summed E-state index contributed by atoms with van der Waals surface area (Å²) in [6, 6.07) is 22.3. The van der Waals surface area contributed by atoms with Crippen LogP contribution in [0.15, 0.2) is 78.9 Å². The number of imide groups is 1. The Kier molecular flexibility index (Phi) is 5.48. The fraction of sp³-hybridized carbons (Fsp3) is 0.231. The second-order valence-electron chi connectivity index (χ2n) is 8.07. The molecule has 0 aliphatic carbocycles. The lowest BCUT2D eigenvalue weighted by Gasteiger charge is -2.29. The molecule has 0 unspecified atom stereocenters. The zero-order chi connectivity index (χ0) is 22.9. The average molecular weight is 444 g/mol. The van der Waals surface area contributed by atoms with E-state index in [1.807, 2.05) is 37.3 Å². The number of ether oxygens (including phenoxy) is 1. The first-order valence-electron chi connectivity index (χ1n) is 11.0. The molecule has 3 aromatic rings. The van der Waals surface area contributed by atoms with E-state index in [2.05, 4.69) is 0 Å². The third kappa shape index (κ3) is 3.60. The van der Waals surface area contributed by atoms with Crippen LogP contribution in [0.4, 0.5) is 11.4 Å². The summed E-state index contributed by atoms with van der Waals surface area (Å²) >= 11 is 0. The number of hydrogen-bond acceptors (Lipinski definition) is 6. The summed E-state index contributed by atoms with van der Waals surface area (Å²) in [5, 5.41) is 12.2. The number of aromatic hydroxyl groups is 1. The van der Waals surface area contributed by atoms with Crippen LogP contribution in [-0.2, 0) is 14.4 Å². The zero-order valence-corrected chi connectivity index (χ0v) is 18.1. The van der Waals surface area contributed by atoms with Crippen molar-refractivity contribution in [1.29, 1.82) is 0 Å². The second kappa shape index (κ2) is 8.60. The van der Waals surface area contributed by atoms with Gasteiger partial charge in [0, 0.05) is 5.56 Å². The van der Waals surface area contributed by atoms with Gasteiger partial charge in [0.1, 0.15) is 17.4 Å². The van der Waals surface area contributed by atoms with Crippen molar-refractivity contribution in [3.8, 4) is 11.5 Å². The van der Waals surface area contributed by atoms with Gasteiger partial charge in [-0.2, -0.15) is 0 Å². The van der Waals surface area contributed by atoms with Crippen LogP contribution < -0.4 is 14.7 Å². The fourth-order valence-electron chi connectivity index (χ4n) is 4.43. The van der Waals surface area contributed by atoms with Gasteiger partial charge >= 0.3 is 0 Å². The summed E-state index contributed by atoms with van der Waals surface area (Å²) in [6.45, 7) is 2.62. The zero-order valence-electron chi connectivity index (χ0n) is 18.1. The number of carbonyl (C=O) groups is 2. The number of phenols is 1. The molecule has 3 atom stereocenters. The second-order valence-corrected chi connectivity index (χ2v) is 8.07. The molecular weight excluding hydrogens is 420 g/mol. The molecule has 33 heavy (non-hydrogen) atoms. The summed E-state index contributed by atoms with van der Waals surface area (Å²) in [7, 11) is 0. The van der Waals surface area contributed by atoms with Gasteiger partial charge in [0.25, 0.3) is 5.91 Å². The average Bonchev–Trinajstić information content (AvgIpc) is 3.35. The van der Waals surface area contributed by atoms with Crippen molar-refractivity contribution in [2.75, 3.05) is 16.6 Å². The SMILES string of the molecule is CCCOc1ccc(N2C(=O)[C@@H]3[C@@H](c4ccccc4O)N(c4ccccc4)O[C@H]3C2=O)cc1. The molecule has 2 fully saturated rings. The van der Waals surface area contributed by atoms with E-state index in [0.717, 1.165) is 6.42 Å². The summed E-state index contributed by atoms with van der Waals surface area (Å²) in [5.41, 5.74) is 1.69. The van der Waals surface area contributed by atoms with Crippen molar-refractivity contribution >= 4 is 23.2 Å². The standard InChI is InChI=1S/C26H24N2O5/c1-2-16-32-19-14-12-17(13-15-19)27-25(30)22-23(20-10-6-7-11-21(20)29)28(33-24(22)26(27)31)18-8-4-3-5-9-18/h3-15,22-24,29H,2,16H2,1H3/t22-,23-,24-/m1/s1. The monoisotopic (exact) mass is 444 g/mol. The van der Waals surface area contributed by atoms with E-state index < -0.39 is 24.0 Å². The highest BCUT2D eigenvalue weighted by atomic mass is 16.7. The van der Waals surface area contributed by atoms with Crippen LogP contribution in [0.3, 0.4) is 0 Å². The van der Waals surface area contributed by atoms with Gasteiger partial charge in [0.05, 0.1) is 24.0 Å². The molecule has 5 rings (SSSR count). The Morgan fingerprint density at radius 1 is 0.879 bits per heavy atom. The number of nitrogens with zero attached hydrogens (tertiary/aromatic N) is 2. The summed E-state index contributed by atoms with van der Waals surface area (Å²) in [4.78, 5) is 34.2. The minimum absolute atomic E-state index is 0.0452. The van der Waals surface area contributed by atoms with Crippen molar-refractivity contribution < 1.29 is 24.3 Å². The van der Waals surface area contributed by atoms with Gasteiger partial charge in [0.2, 0.25) is 5.91 Å². The molecule has 3 aromatic carbocycles. The molecule has 1 N–H and O–H groups in total. The first-order chi connectivity index (χ1) is 16.1. The van der Waals surface area contributed by atoms with Crippen LogP contribution in [0.5, 0.6) is 11.5 Å². The molecule has 2 aliphatic rings.